The number of carbonyl (C=O) groups excluding carboxylic acids is 2. The number of hydrogen-bond donors (Lipinski definition) is 0. The molecule has 0 saturated carbocycles. The fraction of sp³-hybridized carbons (Fsp3) is 0.913. The Kier molecular flexibility index (Phi) is 9.91. The first kappa shape index (κ1) is 26.6. The van der Waals surface area contributed by atoms with E-state index >= 15 is 0 Å². The average molecular weight is 355 g/mol. The van der Waals surface area contributed by atoms with Crippen LogP contribution in [0.3, 0.4) is 0 Å². The Morgan fingerprint density at radius 2 is 1.08 bits per heavy atom. The summed E-state index contributed by atoms with van der Waals surface area (Å²) in [5, 5.41) is 0. The third-order valence-electron chi connectivity index (χ3n) is 4.04. The van der Waals surface area contributed by atoms with Crippen molar-refractivity contribution < 1.29 is 9.59 Å². The van der Waals surface area contributed by atoms with Crippen molar-refractivity contribution in [2.75, 3.05) is 0 Å². The fourth-order valence-electron chi connectivity index (χ4n) is 2.61. The van der Waals surface area contributed by atoms with Crippen LogP contribution in [0.5, 0.6) is 0 Å². The van der Waals surface area contributed by atoms with Gasteiger partial charge in [-0.05, 0) is 23.7 Å². The maximum absolute atomic E-state index is 11.8. The Bertz CT molecular complexity index is 417. The third kappa shape index (κ3) is 15.3. The van der Waals surface area contributed by atoms with E-state index in [0.29, 0.717) is 18.0 Å². The van der Waals surface area contributed by atoms with Crippen LogP contribution in [-0.2, 0) is 9.59 Å². The van der Waals surface area contributed by atoms with E-state index in [4.69, 9.17) is 0 Å². The van der Waals surface area contributed by atoms with Crippen molar-refractivity contribution in [1.82, 2.24) is 0 Å². The lowest BCUT2D eigenvalue weighted by Gasteiger charge is -2.27. The quantitative estimate of drug-likeness (QED) is 0.539. The van der Waals surface area contributed by atoms with Gasteiger partial charge in [-0.3, -0.25) is 9.59 Å². The summed E-state index contributed by atoms with van der Waals surface area (Å²) in [5.41, 5.74) is 0.178. The molecule has 0 radical (unpaired) electrons. The molecule has 150 valence electrons. The van der Waals surface area contributed by atoms with E-state index in [-0.39, 0.29) is 27.6 Å². The number of rotatable bonds is 4. The zero-order valence-electron chi connectivity index (χ0n) is 19.5. The Morgan fingerprint density at radius 1 is 0.680 bits per heavy atom. The fourth-order valence-corrected chi connectivity index (χ4v) is 2.61. The van der Waals surface area contributed by atoms with Gasteiger partial charge in [0.2, 0.25) is 0 Å². The Hall–Kier alpha value is -0.660. The highest BCUT2D eigenvalue weighted by atomic mass is 16.1. The minimum atomic E-state index is -0.190. The van der Waals surface area contributed by atoms with Crippen molar-refractivity contribution >= 4 is 11.6 Å². The molecule has 0 heterocycles. The molecule has 0 spiro atoms. The van der Waals surface area contributed by atoms with Crippen molar-refractivity contribution in [1.29, 1.82) is 0 Å². The molecular formula is C23H46O2. The highest BCUT2D eigenvalue weighted by Gasteiger charge is 2.29. The second-order valence-electron chi connectivity index (χ2n) is 12.0. The molecule has 0 unspecified atom stereocenters. The summed E-state index contributed by atoms with van der Waals surface area (Å²) in [7, 11) is 0. The van der Waals surface area contributed by atoms with Crippen molar-refractivity contribution in [3.05, 3.63) is 0 Å². The zero-order chi connectivity index (χ0) is 20.9. The van der Waals surface area contributed by atoms with Crippen molar-refractivity contribution in [2.24, 2.45) is 27.6 Å². The molecule has 0 bridgehead atoms. The van der Waals surface area contributed by atoms with Gasteiger partial charge in [0.25, 0.3) is 0 Å². The molecule has 0 aliphatic rings. The molecule has 0 aliphatic carbocycles. The molecule has 0 aliphatic heterocycles. The first-order valence-corrected chi connectivity index (χ1v) is 9.74. The number of hydrogen-bond acceptors (Lipinski definition) is 2. The smallest absolute Gasteiger partial charge is 0.141 e. The van der Waals surface area contributed by atoms with Crippen LogP contribution >= 0.6 is 0 Å². The lowest BCUT2D eigenvalue weighted by atomic mass is 9.77. The standard InChI is InChI=1S/C12H24O.C11H22O/c1-9(8-11(2,3)4)10(13)12(5,6)7;1-10(2,3)8-7-9(12)11(4,5)6/h9H,8H2,1-7H3;7-8H2,1-6H3/t9-;/m0./s1. The minimum Gasteiger partial charge on any atom is -0.299 e. The number of Topliss-reactive ketones (excluding diaryl/α,β-unsaturated/α-hetero) is 2. The molecule has 0 aromatic rings. The second kappa shape index (κ2) is 9.33. The van der Waals surface area contributed by atoms with Crippen LogP contribution < -0.4 is 0 Å². The maximum Gasteiger partial charge on any atom is 0.141 e. The molecule has 0 fully saturated rings. The van der Waals surface area contributed by atoms with Gasteiger partial charge in [-0.25, -0.2) is 0 Å². The normalized spacial score (nSPS) is 14.4. The van der Waals surface area contributed by atoms with E-state index in [0.717, 1.165) is 12.8 Å². The van der Waals surface area contributed by atoms with Gasteiger partial charge in [0.05, 0.1) is 0 Å². The van der Waals surface area contributed by atoms with Gasteiger partial charge in [0.1, 0.15) is 11.6 Å². The van der Waals surface area contributed by atoms with Gasteiger partial charge in [0.15, 0.2) is 0 Å². The van der Waals surface area contributed by atoms with Gasteiger partial charge in [0, 0.05) is 23.2 Å². The Labute approximate surface area is 158 Å². The van der Waals surface area contributed by atoms with E-state index in [1.165, 1.54) is 0 Å². The lowest BCUT2D eigenvalue weighted by Crippen LogP contribution is -2.29. The van der Waals surface area contributed by atoms with Gasteiger partial charge in [-0.1, -0.05) is 90.0 Å². The highest BCUT2D eigenvalue weighted by molar-refractivity contribution is 5.85. The average Bonchev–Trinajstić information content (AvgIpc) is 2.30. The van der Waals surface area contributed by atoms with Crippen LogP contribution in [0.25, 0.3) is 0 Å². The van der Waals surface area contributed by atoms with Crippen LogP contribution in [0.1, 0.15) is 109 Å². The van der Waals surface area contributed by atoms with Crippen LogP contribution in [0.2, 0.25) is 0 Å². The first-order chi connectivity index (χ1) is 10.7. The molecule has 0 aromatic carbocycles. The summed E-state index contributed by atoms with van der Waals surface area (Å²) in [4.78, 5) is 23.4. The topological polar surface area (TPSA) is 34.1 Å². The van der Waals surface area contributed by atoms with Gasteiger partial charge in [-0.2, -0.15) is 0 Å². The predicted octanol–water partition coefficient (Wildman–Crippen LogP) is 7.10. The van der Waals surface area contributed by atoms with Crippen LogP contribution in [-0.4, -0.2) is 11.6 Å². The lowest BCUT2D eigenvalue weighted by molar-refractivity contribution is -0.130. The van der Waals surface area contributed by atoms with E-state index in [2.05, 4.69) is 41.5 Å². The molecule has 2 heteroatoms. The van der Waals surface area contributed by atoms with E-state index in [9.17, 15) is 9.59 Å². The van der Waals surface area contributed by atoms with Crippen LogP contribution in [0.15, 0.2) is 0 Å². The molecule has 0 saturated heterocycles. The minimum absolute atomic E-state index is 0.161. The van der Waals surface area contributed by atoms with Crippen molar-refractivity contribution in [2.45, 2.75) is 109 Å². The van der Waals surface area contributed by atoms with Crippen LogP contribution in [0, 0.1) is 27.6 Å². The summed E-state index contributed by atoms with van der Waals surface area (Å²) in [6, 6.07) is 0. The first-order valence-electron chi connectivity index (χ1n) is 9.74. The van der Waals surface area contributed by atoms with Crippen molar-refractivity contribution in [3.8, 4) is 0 Å². The molecule has 0 amide bonds. The maximum atomic E-state index is 11.8. The van der Waals surface area contributed by atoms with Gasteiger partial charge < -0.3 is 0 Å². The molecule has 25 heavy (non-hydrogen) atoms. The Balaban J connectivity index is 0. The predicted molar refractivity (Wildman–Crippen MR) is 111 cm³/mol. The molecule has 1 atom stereocenters. The van der Waals surface area contributed by atoms with Crippen LogP contribution in [0.4, 0.5) is 0 Å². The summed E-state index contributed by atoms with van der Waals surface area (Å²) >= 11 is 0. The molecule has 2 nitrogen and oxygen atoms in total. The highest BCUT2D eigenvalue weighted by Crippen LogP contribution is 2.29. The van der Waals surface area contributed by atoms with E-state index in [1.807, 2.05) is 48.5 Å². The SMILES string of the molecule is CC(C)(C)CCC(=O)C(C)(C)C.C[C@@H](CC(C)(C)C)C(=O)C(C)(C)C. The largest absolute Gasteiger partial charge is 0.299 e. The molecule has 0 aromatic heterocycles. The van der Waals surface area contributed by atoms with E-state index < -0.39 is 0 Å². The molecule has 0 rings (SSSR count). The molecule has 0 N–H and O–H groups in total. The third-order valence-corrected chi connectivity index (χ3v) is 4.04. The van der Waals surface area contributed by atoms with Gasteiger partial charge >= 0.3 is 0 Å². The Morgan fingerprint density at radius 3 is 1.32 bits per heavy atom. The van der Waals surface area contributed by atoms with Crippen molar-refractivity contribution in [3.63, 3.8) is 0 Å². The number of carbonyl (C=O) groups is 2. The number of ketones is 2. The summed E-state index contributed by atoms with van der Waals surface area (Å²) in [6.45, 7) is 27.0. The van der Waals surface area contributed by atoms with Gasteiger partial charge in [-0.15, -0.1) is 0 Å². The van der Waals surface area contributed by atoms with E-state index in [1.54, 1.807) is 0 Å². The summed E-state index contributed by atoms with van der Waals surface area (Å²) in [6.07, 6.45) is 2.68. The molecular weight excluding hydrogens is 308 g/mol. The zero-order valence-corrected chi connectivity index (χ0v) is 19.5. The summed E-state index contributed by atoms with van der Waals surface area (Å²) < 4.78 is 0. The monoisotopic (exact) mass is 354 g/mol. The second-order valence-corrected chi connectivity index (χ2v) is 12.0. The summed E-state index contributed by atoms with van der Waals surface area (Å²) in [5.74, 6) is 0.930.